The van der Waals surface area contributed by atoms with Crippen LogP contribution in [-0.4, -0.2) is 11.7 Å². The van der Waals surface area contributed by atoms with E-state index < -0.39 is 0 Å². The van der Waals surface area contributed by atoms with Crippen molar-refractivity contribution in [1.29, 1.82) is 0 Å². The van der Waals surface area contributed by atoms with Gasteiger partial charge in [0.1, 0.15) is 0 Å². The summed E-state index contributed by atoms with van der Waals surface area (Å²) in [6, 6.07) is 9.23. The molecular weight excluding hydrogens is 280 g/mol. The first-order valence-electron chi connectivity index (χ1n) is 9.57. The Morgan fingerprint density at radius 2 is 2.09 bits per heavy atom. The normalized spacial score (nSPS) is 40.6. The highest BCUT2D eigenvalue weighted by Crippen LogP contribution is 2.64. The monoisotopic (exact) mass is 310 g/mol. The van der Waals surface area contributed by atoms with Gasteiger partial charge in [-0.3, -0.25) is 0 Å². The number of fused-ring (bicyclic) bond motifs is 5. The third-order valence-corrected chi connectivity index (χ3v) is 7.52. The Kier molecular flexibility index (Phi) is 3.88. The van der Waals surface area contributed by atoms with E-state index in [1.165, 1.54) is 38.5 Å². The first-order valence-corrected chi connectivity index (χ1v) is 9.57. The lowest BCUT2D eigenvalue weighted by molar-refractivity contribution is 0.0412. The summed E-state index contributed by atoms with van der Waals surface area (Å²) in [4.78, 5) is 0. The van der Waals surface area contributed by atoms with E-state index in [-0.39, 0.29) is 6.61 Å². The molecule has 1 nitrogen and oxygen atoms in total. The molecule has 0 aliphatic heterocycles. The van der Waals surface area contributed by atoms with Gasteiger partial charge in [0.15, 0.2) is 0 Å². The number of rotatable bonds is 2. The van der Waals surface area contributed by atoms with Crippen LogP contribution in [0.1, 0.15) is 63.0 Å². The molecule has 5 atom stereocenters. The zero-order chi connectivity index (χ0) is 16.0. The summed E-state index contributed by atoms with van der Waals surface area (Å²) in [6.45, 7) is 5.10. The van der Waals surface area contributed by atoms with Crippen LogP contribution in [0.5, 0.6) is 0 Å². The zero-order valence-electron chi connectivity index (χ0n) is 14.6. The Labute approximate surface area is 140 Å². The predicted octanol–water partition coefficient (Wildman–Crippen LogP) is 5.10. The Morgan fingerprint density at radius 1 is 1.26 bits per heavy atom. The number of aliphatic hydroxyl groups excluding tert-OH is 1. The van der Waals surface area contributed by atoms with Gasteiger partial charge in [-0.2, -0.15) is 0 Å². The van der Waals surface area contributed by atoms with Crippen LogP contribution in [-0.2, 0) is 6.42 Å². The number of hydrogen-bond donors (Lipinski definition) is 1. The van der Waals surface area contributed by atoms with Gasteiger partial charge in [0.25, 0.3) is 0 Å². The van der Waals surface area contributed by atoms with Crippen molar-refractivity contribution in [2.24, 2.45) is 23.2 Å². The van der Waals surface area contributed by atoms with Crippen molar-refractivity contribution in [1.82, 2.24) is 0 Å². The highest BCUT2D eigenvalue weighted by Gasteiger charge is 2.54. The molecule has 4 rings (SSSR count). The molecule has 1 aromatic rings. The smallest absolute Gasteiger partial charge is 0.0615 e. The topological polar surface area (TPSA) is 20.2 Å². The van der Waals surface area contributed by atoms with Crippen LogP contribution >= 0.6 is 0 Å². The summed E-state index contributed by atoms with van der Waals surface area (Å²) in [6.07, 6.45) is 9.88. The van der Waals surface area contributed by atoms with E-state index in [1.54, 1.807) is 16.7 Å². The van der Waals surface area contributed by atoms with Crippen LogP contribution in [0.3, 0.4) is 0 Å². The first-order chi connectivity index (χ1) is 11.2. The maximum absolute atomic E-state index is 9.42. The largest absolute Gasteiger partial charge is 0.392 e. The van der Waals surface area contributed by atoms with Gasteiger partial charge in [0, 0.05) is 0 Å². The fourth-order valence-electron chi connectivity index (χ4n) is 6.43. The lowest BCUT2D eigenvalue weighted by atomic mass is 9.52. The third-order valence-electron chi connectivity index (χ3n) is 7.52. The Hall–Kier alpha value is -1.08. The fraction of sp³-hybridized carbons (Fsp3) is 0.636. The molecule has 0 amide bonds. The molecule has 1 N–H and O–H groups in total. The van der Waals surface area contributed by atoms with Gasteiger partial charge in [0.05, 0.1) is 6.61 Å². The van der Waals surface area contributed by atoms with Gasteiger partial charge < -0.3 is 5.11 Å². The SMILES string of the molecule is CC[C@H]1Cc2ccccc2[C@H]2CC[C@]3(C)/C(=C/CO)CC[C@H]3[C@H]12. The second-order valence-corrected chi connectivity index (χ2v) is 8.27. The quantitative estimate of drug-likeness (QED) is 0.754. The minimum atomic E-state index is 0.214. The molecule has 23 heavy (non-hydrogen) atoms. The average Bonchev–Trinajstić information content (AvgIpc) is 2.91. The highest BCUT2D eigenvalue weighted by molar-refractivity contribution is 5.37. The van der Waals surface area contributed by atoms with Crippen molar-refractivity contribution in [2.75, 3.05) is 6.61 Å². The van der Waals surface area contributed by atoms with Crippen molar-refractivity contribution in [3.05, 3.63) is 47.0 Å². The van der Waals surface area contributed by atoms with E-state index in [1.807, 2.05) is 0 Å². The van der Waals surface area contributed by atoms with Crippen LogP contribution in [0.4, 0.5) is 0 Å². The molecule has 0 heterocycles. The second-order valence-electron chi connectivity index (χ2n) is 8.27. The minimum absolute atomic E-state index is 0.214. The van der Waals surface area contributed by atoms with Crippen LogP contribution in [0, 0.1) is 23.2 Å². The van der Waals surface area contributed by atoms with Gasteiger partial charge in [-0.25, -0.2) is 0 Å². The molecule has 3 aliphatic carbocycles. The minimum Gasteiger partial charge on any atom is -0.392 e. The second kappa shape index (κ2) is 5.77. The third kappa shape index (κ3) is 2.23. The Bertz CT molecular complexity index is 616. The molecule has 2 fully saturated rings. The maximum Gasteiger partial charge on any atom is 0.0615 e. The molecule has 0 radical (unpaired) electrons. The van der Waals surface area contributed by atoms with Crippen molar-refractivity contribution >= 4 is 0 Å². The van der Waals surface area contributed by atoms with Gasteiger partial charge in [-0.15, -0.1) is 0 Å². The molecule has 3 aliphatic rings. The summed E-state index contributed by atoms with van der Waals surface area (Å²) < 4.78 is 0. The number of aliphatic hydroxyl groups is 1. The molecule has 0 bridgehead atoms. The number of hydrogen-bond acceptors (Lipinski definition) is 1. The van der Waals surface area contributed by atoms with Crippen LogP contribution in [0.15, 0.2) is 35.9 Å². The van der Waals surface area contributed by atoms with Crippen LogP contribution in [0.25, 0.3) is 0 Å². The van der Waals surface area contributed by atoms with Crippen molar-refractivity contribution in [3.63, 3.8) is 0 Å². The molecule has 0 saturated heterocycles. The molecule has 1 aromatic carbocycles. The van der Waals surface area contributed by atoms with E-state index in [2.05, 4.69) is 44.2 Å². The van der Waals surface area contributed by atoms with Crippen molar-refractivity contribution < 1.29 is 5.11 Å². The molecule has 0 unspecified atom stereocenters. The van der Waals surface area contributed by atoms with Gasteiger partial charge in [-0.05, 0) is 72.3 Å². The van der Waals surface area contributed by atoms with E-state index in [0.717, 1.165) is 23.7 Å². The van der Waals surface area contributed by atoms with Gasteiger partial charge in [0.2, 0.25) is 0 Å². The molecule has 0 aromatic heterocycles. The first kappa shape index (κ1) is 15.4. The van der Waals surface area contributed by atoms with E-state index in [0.29, 0.717) is 5.41 Å². The lowest BCUT2D eigenvalue weighted by Crippen LogP contribution is -2.44. The fourth-order valence-corrected chi connectivity index (χ4v) is 6.43. The lowest BCUT2D eigenvalue weighted by Gasteiger charge is -2.52. The molecule has 124 valence electrons. The van der Waals surface area contributed by atoms with Crippen molar-refractivity contribution in [2.45, 2.75) is 58.3 Å². The number of allylic oxidation sites excluding steroid dienone is 1. The summed E-state index contributed by atoms with van der Waals surface area (Å²) in [7, 11) is 0. The Morgan fingerprint density at radius 3 is 2.87 bits per heavy atom. The van der Waals surface area contributed by atoms with E-state index in [4.69, 9.17) is 0 Å². The summed E-state index contributed by atoms with van der Waals surface area (Å²) in [5, 5.41) is 9.42. The molecule has 2 saturated carbocycles. The summed E-state index contributed by atoms with van der Waals surface area (Å²) >= 11 is 0. The molecule has 1 heteroatoms. The standard InChI is InChI=1S/C22H30O/c1-3-15-14-16-6-4-5-7-18(16)19-10-12-22(2)17(11-13-23)8-9-20(22)21(15)19/h4-7,11,15,19-21,23H,3,8-10,12-14H2,1-2H3/b17-11+/t15-,19+,20-,21+,22+/m0/s1. The average molecular weight is 310 g/mol. The summed E-state index contributed by atoms with van der Waals surface area (Å²) in [5.41, 5.74) is 5.18. The zero-order valence-corrected chi connectivity index (χ0v) is 14.6. The van der Waals surface area contributed by atoms with E-state index >= 15 is 0 Å². The predicted molar refractivity (Wildman–Crippen MR) is 95.4 cm³/mol. The van der Waals surface area contributed by atoms with E-state index in [9.17, 15) is 5.11 Å². The van der Waals surface area contributed by atoms with Crippen LogP contribution in [0.2, 0.25) is 0 Å². The summed E-state index contributed by atoms with van der Waals surface area (Å²) in [5.74, 6) is 3.28. The number of benzene rings is 1. The molecular formula is C22H30O. The molecule has 0 spiro atoms. The van der Waals surface area contributed by atoms with Gasteiger partial charge >= 0.3 is 0 Å². The Balaban J connectivity index is 1.75. The highest BCUT2D eigenvalue weighted by atomic mass is 16.2. The van der Waals surface area contributed by atoms with Gasteiger partial charge in [-0.1, -0.05) is 56.2 Å². The van der Waals surface area contributed by atoms with Crippen LogP contribution < -0.4 is 0 Å². The maximum atomic E-state index is 9.42. The van der Waals surface area contributed by atoms with Crippen molar-refractivity contribution in [3.8, 4) is 0 Å².